The molecule has 1 saturated carbocycles. The minimum absolute atomic E-state index is 0.0870. The van der Waals surface area contributed by atoms with E-state index in [9.17, 15) is 4.79 Å². The van der Waals surface area contributed by atoms with Crippen LogP contribution in [0.2, 0.25) is 0 Å². The lowest BCUT2D eigenvalue weighted by molar-refractivity contribution is -0.113. The molecule has 2 heterocycles. The first kappa shape index (κ1) is 18.9. The SMILES string of the molecule is CCn1c(SCC(=O)Nc2cccc(-c3nc(C4CC4)no3)c2)nc2ccccc21. The number of para-hydroxylation sites is 2. The van der Waals surface area contributed by atoms with Crippen LogP contribution in [0.4, 0.5) is 5.69 Å². The smallest absolute Gasteiger partial charge is 0.258 e. The summed E-state index contributed by atoms with van der Waals surface area (Å²) in [4.78, 5) is 21.7. The topological polar surface area (TPSA) is 85.8 Å². The average Bonchev–Trinajstić information content (AvgIpc) is 3.38. The number of fused-ring (bicyclic) bond motifs is 1. The summed E-state index contributed by atoms with van der Waals surface area (Å²) in [6, 6.07) is 15.5. The second-order valence-corrected chi connectivity index (χ2v) is 8.22. The number of thioether (sulfide) groups is 1. The Morgan fingerprint density at radius 3 is 2.90 bits per heavy atom. The zero-order valence-electron chi connectivity index (χ0n) is 16.5. The third kappa shape index (κ3) is 3.82. The van der Waals surface area contributed by atoms with E-state index in [-0.39, 0.29) is 11.7 Å². The molecule has 0 saturated heterocycles. The maximum absolute atomic E-state index is 12.5. The Labute approximate surface area is 177 Å². The van der Waals surface area contributed by atoms with Crippen LogP contribution in [-0.4, -0.2) is 31.4 Å². The van der Waals surface area contributed by atoms with Gasteiger partial charge in [0.1, 0.15) is 0 Å². The molecule has 0 unspecified atom stereocenters. The van der Waals surface area contributed by atoms with Gasteiger partial charge in [-0.15, -0.1) is 0 Å². The van der Waals surface area contributed by atoms with Gasteiger partial charge >= 0.3 is 0 Å². The highest BCUT2D eigenvalue weighted by Gasteiger charge is 2.29. The zero-order chi connectivity index (χ0) is 20.5. The Kier molecular flexibility index (Phi) is 5.00. The number of anilines is 1. The van der Waals surface area contributed by atoms with Crippen LogP contribution < -0.4 is 5.32 Å². The summed E-state index contributed by atoms with van der Waals surface area (Å²) in [6.07, 6.45) is 2.25. The lowest BCUT2D eigenvalue weighted by Gasteiger charge is -2.07. The van der Waals surface area contributed by atoms with Crippen molar-refractivity contribution in [2.24, 2.45) is 0 Å². The minimum atomic E-state index is -0.0870. The van der Waals surface area contributed by atoms with Gasteiger partial charge in [0.2, 0.25) is 5.91 Å². The van der Waals surface area contributed by atoms with E-state index in [0.29, 0.717) is 17.5 Å². The van der Waals surface area contributed by atoms with Gasteiger partial charge in [-0.25, -0.2) is 4.98 Å². The van der Waals surface area contributed by atoms with Crippen molar-refractivity contribution in [1.29, 1.82) is 0 Å². The number of hydrogen-bond donors (Lipinski definition) is 1. The van der Waals surface area contributed by atoms with Gasteiger partial charge in [0.25, 0.3) is 5.89 Å². The summed E-state index contributed by atoms with van der Waals surface area (Å²) in [7, 11) is 0. The van der Waals surface area contributed by atoms with Crippen molar-refractivity contribution in [3.63, 3.8) is 0 Å². The Bertz CT molecular complexity index is 1210. The first-order chi connectivity index (χ1) is 14.7. The number of amides is 1. The van der Waals surface area contributed by atoms with Crippen molar-refractivity contribution in [2.45, 2.75) is 37.4 Å². The van der Waals surface area contributed by atoms with E-state index in [1.807, 2.05) is 48.5 Å². The average molecular weight is 420 g/mol. The summed E-state index contributed by atoms with van der Waals surface area (Å²) < 4.78 is 7.51. The number of imidazole rings is 1. The molecule has 2 aromatic carbocycles. The summed E-state index contributed by atoms with van der Waals surface area (Å²) >= 11 is 1.44. The maximum Gasteiger partial charge on any atom is 0.258 e. The molecule has 1 amide bonds. The van der Waals surface area contributed by atoms with Crippen LogP contribution in [0.3, 0.4) is 0 Å². The molecular weight excluding hydrogens is 398 g/mol. The van der Waals surface area contributed by atoms with Crippen LogP contribution in [0.25, 0.3) is 22.5 Å². The van der Waals surface area contributed by atoms with Gasteiger partial charge in [0.05, 0.1) is 16.8 Å². The summed E-state index contributed by atoms with van der Waals surface area (Å²) in [5, 5.41) is 7.85. The van der Waals surface area contributed by atoms with Gasteiger partial charge in [-0.2, -0.15) is 4.98 Å². The molecule has 0 bridgehead atoms. The van der Waals surface area contributed by atoms with Crippen molar-refractivity contribution in [1.82, 2.24) is 19.7 Å². The molecule has 1 aliphatic rings. The number of aromatic nitrogens is 4. The Balaban J connectivity index is 1.26. The Hall–Kier alpha value is -3.13. The molecule has 0 radical (unpaired) electrons. The van der Waals surface area contributed by atoms with Crippen LogP contribution >= 0.6 is 11.8 Å². The minimum Gasteiger partial charge on any atom is -0.334 e. The molecule has 4 aromatic rings. The third-order valence-electron chi connectivity index (χ3n) is 5.05. The Morgan fingerprint density at radius 1 is 1.20 bits per heavy atom. The number of nitrogens with zero attached hydrogens (tertiary/aromatic N) is 4. The normalized spacial score (nSPS) is 13.6. The molecule has 5 rings (SSSR count). The molecule has 1 fully saturated rings. The van der Waals surface area contributed by atoms with Crippen molar-refractivity contribution < 1.29 is 9.32 Å². The molecule has 0 spiro atoms. The number of carbonyl (C=O) groups is 1. The fraction of sp³-hybridized carbons (Fsp3) is 0.273. The summed E-state index contributed by atoms with van der Waals surface area (Å²) in [5.41, 5.74) is 3.53. The molecule has 0 atom stereocenters. The number of carbonyl (C=O) groups excluding carboxylic acids is 1. The predicted molar refractivity (Wildman–Crippen MR) is 116 cm³/mol. The van der Waals surface area contributed by atoms with E-state index >= 15 is 0 Å². The van der Waals surface area contributed by atoms with Crippen LogP contribution in [0.1, 0.15) is 31.5 Å². The van der Waals surface area contributed by atoms with Gasteiger partial charge in [-0.3, -0.25) is 4.79 Å². The van der Waals surface area contributed by atoms with E-state index in [4.69, 9.17) is 4.52 Å². The monoisotopic (exact) mass is 419 g/mol. The van der Waals surface area contributed by atoms with Crippen LogP contribution in [0.15, 0.2) is 58.2 Å². The molecule has 8 heteroatoms. The van der Waals surface area contributed by atoms with Crippen LogP contribution in [0.5, 0.6) is 0 Å². The highest BCUT2D eigenvalue weighted by atomic mass is 32.2. The van der Waals surface area contributed by atoms with Gasteiger partial charge in [-0.05, 0) is 50.1 Å². The third-order valence-corrected chi connectivity index (χ3v) is 6.02. The number of rotatable bonds is 7. The molecular formula is C22H21N5O2S. The fourth-order valence-electron chi connectivity index (χ4n) is 3.39. The molecule has 1 N–H and O–H groups in total. The first-order valence-electron chi connectivity index (χ1n) is 10.0. The second kappa shape index (κ2) is 7.95. The van der Waals surface area contributed by atoms with Crippen molar-refractivity contribution in [3.8, 4) is 11.5 Å². The lowest BCUT2D eigenvalue weighted by atomic mass is 10.2. The molecule has 152 valence electrons. The maximum atomic E-state index is 12.5. The molecule has 7 nitrogen and oxygen atoms in total. The zero-order valence-corrected chi connectivity index (χ0v) is 17.4. The standard InChI is InChI=1S/C22H21N5O2S/c1-2-27-18-9-4-3-8-17(18)24-22(27)30-13-19(28)23-16-7-5-6-15(12-16)21-25-20(26-29-21)14-10-11-14/h3-9,12,14H,2,10-11,13H2,1H3,(H,23,28). The van der Waals surface area contributed by atoms with Crippen LogP contribution in [-0.2, 0) is 11.3 Å². The number of benzene rings is 2. The molecule has 1 aliphatic carbocycles. The van der Waals surface area contributed by atoms with E-state index < -0.39 is 0 Å². The van der Waals surface area contributed by atoms with E-state index in [0.717, 1.165) is 47.0 Å². The Morgan fingerprint density at radius 2 is 2.07 bits per heavy atom. The molecule has 0 aliphatic heterocycles. The second-order valence-electron chi connectivity index (χ2n) is 7.28. The first-order valence-corrected chi connectivity index (χ1v) is 11.0. The fourth-order valence-corrected chi connectivity index (χ4v) is 4.26. The van der Waals surface area contributed by atoms with E-state index in [1.165, 1.54) is 11.8 Å². The van der Waals surface area contributed by atoms with E-state index in [2.05, 4.69) is 31.9 Å². The summed E-state index contributed by atoms with van der Waals surface area (Å²) in [6.45, 7) is 2.88. The number of aryl methyl sites for hydroxylation is 1. The van der Waals surface area contributed by atoms with Gasteiger partial charge in [-0.1, -0.05) is 35.1 Å². The molecule has 2 aromatic heterocycles. The van der Waals surface area contributed by atoms with Gasteiger partial charge in [0, 0.05) is 23.7 Å². The van der Waals surface area contributed by atoms with Crippen molar-refractivity contribution >= 4 is 34.4 Å². The van der Waals surface area contributed by atoms with Crippen LogP contribution in [0, 0.1) is 0 Å². The number of nitrogens with one attached hydrogen (secondary N) is 1. The van der Waals surface area contributed by atoms with Gasteiger partial charge in [0.15, 0.2) is 11.0 Å². The van der Waals surface area contributed by atoms with Crippen molar-refractivity contribution in [2.75, 3.05) is 11.1 Å². The van der Waals surface area contributed by atoms with Crippen molar-refractivity contribution in [3.05, 3.63) is 54.4 Å². The highest BCUT2D eigenvalue weighted by molar-refractivity contribution is 7.99. The highest BCUT2D eigenvalue weighted by Crippen LogP contribution is 2.39. The number of hydrogen-bond acceptors (Lipinski definition) is 6. The lowest BCUT2D eigenvalue weighted by Crippen LogP contribution is -2.14. The van der Waals surface area contributed by atoms with Gasteiger partial charge < -0.3 is 14.4 Å². The summed E-state index contributed by atoms with van der Waals surface area (Å²) in [5.74, 6) is 1.89. The largest absolute Gasteiger partial charge is 0.334 e. The molecule has 30 heavy (non-hydrogen) atoms. The van der Waals surface area contributed by atoms with E-state index in [1.54, 1.807) is 0 Å². The predicted octanol–water partition coefficient (Wildman–Crippen LogP) is 4.71. The quantitative estimate of drug-likeness (QED) is 0.437.